The number of ether oxygens (including phenoxy) is 1. The van der Waals surface area contributed by atoms with Gasteiger partial charge in [-0.3, -0.25) is 4.79 Å². The van der Waals surface area contributed by atoms with Gasteiger partial charge in [0.05, 0.1) is 11.8 Å². The molecular formula is C16H17NO4S. The summed E-state index contributed by atoms with van der Waals surface area (Å²) in [5.41, 5.74) is 1.81. The monoisotopic (exact) mass is 319 g/mol. The van der Waals surface area contributed by atoms with E-state index >= 15 is 0 Å². The Labute approximate surface area is 133 Å². The average molecular weight is 319 g/mol. The maximum atomic E-state index is 12.0. The third kappa shape index (κ3) is 4.14. The summed E-state index contributed by atoms with van der Waals surface area (Å²) < 4.78 is 10.2. The fraction of sp³-hybridized carbons (Fsp3) is 0.250. The molecule has 1 heterocycles. The molecule has 0 bridgehead atoms. The Kier molecular flexibility index (Phi) is 5.66. The summed E-state index contributed by atoms with van der Waals surface area (Å²) in [6.07, 6.45) is 3.38. The molecule has 1 aromatic carbocycles. The van der Waals surface area contributed by atoms with E-state index in [-0.39, 0.29) is 11.7 Å². The second kappa shape index (κ2) is 7.70. The Hall–Kier alpha value is -2.21. The van der Waals surface area contributed by atoms with E-state index in [4.69, 9.17) is 9.15 Å². The molecule has 0 saturated carbocycles. The largest absolute Gasteiger partial charge is 0.461 e. The lowest BCUT2D eigenvalue weighted by molar-refractivity contribution is 0.0530. The van der Waals surface area contributed by atoms with Gasteiger partial charge in [0.25, 0.3) is 5.91 Å². The van der Waals surface area contributed by atoms with Crippen molar-refractivity contribution >= 4 is 29.3 Å². The van der Waals surface area contributed by atoms with Crippen molar-refractivity contribution in [2.24, 2.45) is 0 Å². The van der Waals surface area contributed by atoms with Crippen molar-refractivity contribution in [3.05, 3.63) is 53.5 Å². The second-order valence-electron chi connectivity index (χ2n) is 4.59. The highest BCUT2D eigenvalue weighted by Crippen LogP contribution is 2.19. The van der Waals surface area contributed by atoms with E-state index < -0.39 is 5.97 Å². The minimum absolute atomic E-state index is 0.215. The fourth-order valence-corrected chi connectivity index (χ4v) is 2.03. The number of carbonyl (C=O) groups is 2. The van der Waals surface area contributed by atoms with E-state index in [1.54, 1.807) is 42.1 Å². The maximum Gasteiger partial charge on any atom is 0.338 e. The van der Waals surface area contributed by atoms with Crippen molar-refractivity contribution in [3.8, 4) is 0 Å². The summed E-state index contributed by atoms with van der Waals surface area (Å²) in [4.78, 5) is 23.9. The van der Waals surface area contributed by atoms with E-state index in [9.17, 15) is 9.59 Å². The van der Waals surface area contributed by atoms with Gasteiger partial charge in [-0.25, -0.2) is 4.79 Å². The Morgan fingerprint density at radius 2 is 2.14 bits per heavy atom. The minimum Gasteiger partial charge on any atom is -0.461 e. The van der Waals surface area contributed by atoms with Crippen LogP contribution in [0.1, 0.15) is 26.5 Å². The number of amides is 1. The first-order chi connectivity index (χ1) is 10.6. The minimum atomic E-state index is -0.400. The molecule has 2 rings (SSSR count). The Bertz CT molecular complexity index is 652. The molecule has 22 heavy (non-hydrogen) atoms. The molecule has 0 aliphatic rings. The van der Waals surface area contributed by atoms with Gasteiger partial charge in [-0.2, -0.15) is 11.8 Å². The van der Waals surface area contributed by atoms with Crippen LogP contribution in [0.5, 0.6) is 0 Å². The van der Waals surface area contributed by atoms with Crippen molar-refractivity contribution in [3.63, 3.8) is 0 Å². The number of benzene rings is 1. The van der Waals surface area contributed by atoms with E-state index in [1.807, 2.05) is 13.2 Å². The van der Waals surface area contributed by atoms with Crippen LogP contribution < -0.4 is 5.32 Å². The summed E-state index contributed by atoms with van der Waals surface area (Å²) >= 11 is 1.61. The Morgan fingerprint density at radius 3 is 2.82 bits per heavy atom. The standard InChI is InChI=1S/C16H17NO4S/c1-11-5-6-12(16(19)21-8-9-22-2)10-13(11)17-15(18)14-4-3-7-20-14/h3-7,10H,8-9H2,1-2H3,(H,17,18). The summed E-state index contributed by atoms with van der Waals surface area (Å²) in [5, 5.41) is 2.73. The van der Waals surface area contributed by atoms with E-state index in [1.165, 1.54) is 6.26 Å². The topological polar surface area (TPSA) is 68.5 Å². The van der Waals surface area contributed by atoms with Crippen LogP contribution in [0, 0.1) is 6.92 Å². The predicted molar refractivity (Wildman–Crippen MR) is 86.5 cm³/mol. The summed E-state index contributed by atoms with van der Waals surface area (Å²) in [6, 6.07) is 8.27. The summed E-state index contributed by atoms with van der Waals surface area (Å²) in [7, 11) is 0. The molecule has 1 aromatic heterocycles. The highest BCUT2D eigenvalue weighted by Gasteiger charge is 2.13. The van der Waals surface area contributed by atoms with Crippen LogP contribution in [-0.4, -0.2) is 30.5 Å². The number of hydrogen-bond acceptors (Lipinski definition) is 5. The van der Waals surface area contributed by atoms with Crippen LogP contribution in [0.3, 0.4) is 0 Å². The van der Waals surface area contributed by atoms with Crippen LogP contribution in [0.2, 0.25) is 0 Å². The molecule has 0 radical (unpaired) electrons. The average Bonchev–Trinajstić information content (AvgIpc) is 3.04. The van der Waals surface area contributed by atoms with Crippen molar-refractivity contribution in [2.75, 3.05) is 23.9 Å². The molecule has 5 nitrogen and oxygen atoms in total. The van der Waals surface area contributed by atoms with E-state index in [0.29, 0.717) is 17.9 Å². The number of furan rings is 1. The smallest absolute Gasteiger partial charge is 0.338 e. The molecule has 0 aliphatic heterocycles. The molecule has 2 aromatic rings. The number of hydrogen-bond donors (Lipinski definition) is 1. The molecule has 1 N–H and O–H groups in total. The molecule has 0 atom stereocenters. The third-order valence-electron chi connectivity index (χ3n) is 2.99. The summed E-state index contributed by atoms with van der Waals surface area (Å²) in [5.74, 6) is 0.204. The zero-order valence-electron chi connectivity index (χ0n) is 12.4. The lowest BCUT2D eigenvalue weighted by atomic mass is 10.1. The first kappa shape index (κ1) is 16.2. The second-order valence-corrected chi connectivity index (χ2v) is 5.58. The first-order valence-electron chi connectivity index (χ1n) is 6.73. The van der Waals surface area contributed by atoms with Gasteiger partial charge < -0.3 is 14.5 Å². The molecule has 0 aliphatic carbocycles. The highest BCUT2D eigenvalue weighted by molar-refractivity contribution is 7.98. The molecule has 0 unspecified atom stereocenters. The van der Waals surface area contributed by atoms with Crippen molar-refractivity contribution in [1.29, 1.82) is 0 Å². The number of esters is 1. The van der Waals surface area contributed by atoms with Crippen LogP contribution in [0.4, 0.5) is 5.69 Å². The molecule has 6 heteroatoms. The van der Waals surface area contributed by atoms with Gasteiger partial charge in [-0.15, -0.1) is 0 Å². The van der Waals surface area contributed by atoms with Gasteiger partial charge in [-0.1, -0.05) is 6.07 Å². The quantitative estimate of drug-likeness (QED) is 0.653. The normalized spacial score (nSPS) is 10.3. The lowest BCUT2D eigenvalue weighted by Crippen LogP contribution is -2.13. The van der Waals surface area contributed by atoms with Gasteiger partial charge in [0.15, 0.2) is 5.76 Å². The van der Waals surface area contributed by atoms with Gasteiger partial charge in [0.2, 0.25) is 0 Å². The SMILES string of the molecule is CSCCOC(=O)c1ccc(C)c(NC(=O)c2ccco2)c1. The van der Waals surface area contributed by atoms with Crippen LogP contribution in [0.25, 0.3) is 0 Å². The molecule has 116 valence electrons. The summed E-state index contributed by atoms with van der Waals surface area (Å²) in [6.45, 7) is 2.21. The Balaban J connectivity index is 2.09. The van der Waals surface area contributed by atoms with Crippen molar-refractivity contribution in [2.45, 2.75) is 6.92 Å². The molecule has 0 spiro atoms. The molecule has 1 amide bonds. The van der Waals surface area contributed by atoms with E-state index in [0.717, 1.165) is 11.3 Å². The first-order valence-corrected chi connectivity index (χ1v) is 8.13. The molecule has 0 saturated heterocycles. The Morgan fingerprint density at radius 1 is 1.32 bits per heavy atom. The van der Waals surface area contributed by atoms with Crippen molar-refractivity contribution < 1.29 is 18.7 Å². The number of rotatable bonds is 6. The maximum absolute atomic E-state index is 12.0. The zero-order valence-corrected chi connectivity index (χ0v) is 13.2. The van der Waals surface area contributed by atoms with Gasteiger partial charge in [0.1, 0.15) is 6.61 Å². The van der Waals surface area contributed by atoms with Gasteiger partial charge in [-0.05, 0) is 43.0 Å². The van der Waals surface area contributed by atoms with E-state index in [2.05, 4.69) is 5.32 Å². The third-order valence-corrected chi connectivity index (χ3v) is 3.56. The highest BCUT2D eigenvalue weighted by atomic mass is 32.2. The number of nitrogens with one attached hydrogen (secondary N) is 1. The van der Waals surface area contributed by atoms with Gasteiger partial charge >= 0.3 is 5.97 Å². The lowest BCUT2D eigenvalue weighted by Gasteiger charge is -2.10. The number of carbonyl (C=O) groups excluding carboxylic acids is 2. The van der Waals surface area contributed by atoms with Gasteiger partial charge in [0, 0.05) is 11.4 Å². The van der Waals surface area contributed by atoms with Crippen LogP contribution >= 0.6 is 11.8 Å². The zero-order chi connectivity index (χ0) is 15.9. The van der Waals surface area contributed by atoms with Crippen molar-refractivity contribution in [1.82, 2.24) is 0 Å². The van der Waals surface area contributed by atoms with Crippen LogP contribution in [-0.2, 0) is 4.74 Å². The number of thioether (sulfide) groups is 1. The molecular weight excluding hydrogens is 302 g/mol. The fourth-order valence-electron chi connectivity index (χ4n) is 1.78. The predicted octanol–water partition coefficient (Wildman–Crippen LogP) is 3.36. The number of anilines is 1. The number of aryl methyl sites for hydroxylation is 1. The van der Waals surface area contributed by atoms with Crippen LogP contribution in [0.15, 0.2) is 41.0 Å². The molecule has 0 fully saturated rings.